The van der Waals surface area contributed by atoms with Crippen molar-refractivity contribution in [1.29, 1.82) is 0 Å². The zero-order chi connectivity index (χ0) is 21.4. The van der Waals surface area contributed by atoms with E-state index in [2.05, 4.69) is 41.8 Å². The first-order chi connectivity index (χ1) is 15.1. The molecule has 0 aliphatic carbocycles. The van der Waals surface area contributed by atoms with Crippen LogP contribution in [-0.4, -0.2) is 33.7 Å². The van der Waals surface area contributed by atoms with Gasteiger partial charge in [0, 0.05) is 41.5 Å². The zero-order valence-corrected chi connectivity index (χ0v) is 17.8. The van der Waals surface area contributed by atoms with Crippen LogP contribution in [0, 0.1) is 24.2 Å². The molecule has 1 aromatic heterocycles. The van der Waals surface area contributed by atoms with E-state index in [1.165, 1.54) is 12.0 Å². The minimum Gasteiger partial charge on any atom is -0.382 e. The summed E-state index contributed by atoms with van der Waals surface area (Å²) in [6.45, 7) is 7.06. The lowest BCUT2D eigenvalue weighted by Gasteiger charge is -2.58. The maximum absolute atomic E-state index is 11.8. The van der Waals surface area contributed by atoms with Crippen molar-refractivity contribution in [3.05, 3.63) is 90.1 Å². The van der Waals surface area contributed by atoms with Crippen molar-refractivity contribution in [3.63, 3.8) is 0 Å². The monoisotopic (exact) mass is 409 g/mol. The number of rotatable bonds is 5. The summed E-state index contributed by atoms with van der Waals surface area (Å²) in [7, 11) is 0. The number of benzene rings is 2. The van der Waals surface area contributed by atoms with Crippen LogP contribution in [0.4, 0.5) is 0 Å². The summed E-state index contributed by atoms with van der Waals surface area (Å²) in [6.07, 6.45) is 11.4. The van der Waals surface area contributed by atoms with Crippen molar-refractivity contribution in [2.75, 3.05) is 13.1 Å². The molecule has 3 heteroatoms. The Morgan fingerprint density at radius 1 is 1.19 bits per heavy atom. The number of quaternary nitrogens is 1. The van der Waals surface area contributed by atoms with E-state index >= 15 is 0 Å². The van der Waals surface area contributed by atoms with Gasteiger partial charge in [0.05, 0.1) is 18.6 Å². The van der Waals surface area contributed by atoms with Crippen LogP contribution in [0.25, 0.3) is 10.9 Å². The molecule has 2 aromatic carbocycles. The lowest BCUT2D eigenvalue weighted by atomic mass is 9.71. The van der Waals surface area contributed by atoms with Gasteiger partial charge in [-0.3, -0.25) is 4.98 Å². The smallest absolute Gasteiger partial charge is 0.131 e. The Kier molecular flexibility index (Phi) is 5.14. The minimum atomic E-state index is -0.542. The van der Waals surface area contributed by atoms with Crippen LogP contribution in [0.15, 0.2) is 73.4 Å². The normalized spacial score (nSPS) is 28.2. The fourth-order valence-electron chi connectivity index (χ4n) is 6.10. The topological polar surface area (TPSA) is 33.1 Å². The Bertz CT molecular complexity index is 1160. The molecule has 3 saturated heterocycles. The third kappa shape index (κ3) is 3.37. The standard InChI is InChI=1S/C28H29N2O/c1-3-20-9-5-6-10-23(20)19-30-16-14-22(21(4-2)18-30)17-27(30)28(31)25-13-15-29-26-12-8-7-11-24(25)26/h1,4-13,15,21-22,27-28,31H,2,14,16-19H2/q+1/t21-,22-,27+,28+,30-/m0/s1. The summed E-state index contributed by atoms with van der Waals surface area (Å²) >= 11 is 0. The Hall–Kier alpha value is -2.93. The molecule has 0 radical (unpaired) electrons. The number of aliphatic hydroxyl groups is 1. The summed E-state index contributed by atoms with van der Waals surface area (Å²) in [5.74, 6) is 3.94. The molecule has 3 nitrogen and oxygen atoms in total. The summed E-state index contributed by atoms with van der Waals surface area (Å²) in [5.41, 5.74) is 4.08. The van der Waals surface area contributed by atoms with Crippen molar-refractivity contribution in [2.45, 2.75) is 31.5 Å². The second kappa shape index (κ2) is 7.96. The minimum absolute atomic E-state index is 0.131. The van der Waals surface area contributed by atoms with Gasteiger partial charge >= 0.3 is 0 Å². The summed E-state index contributed by atoms with van der Waals surface area (Å²) < 4.78 is 0.865. The molecule has 4 heterocycles. The molecule has 3 aliphatic heterocycles. The van der Waals surface area contributed by atoms with Crippen molar-refractivity contribution in [2.24, 2.45) is 11.8 Å². The maximum atomic E-state index is 11.8. The van der Waals surface area contributed by atoms with E-state index in [1.54, 1.807) is 0 Å². The Morgan fingerprint density at radius 2 is 2.00 bits per heavy atom. The van der Waals surface area contributed by atoms with Crippen molar-refractivity contribution in [1.82, 2.24) is 4.98 Å². The van der Waals surface area contributed by atoms with Gasteiger partial charge in [0.1, 0.15) is 18.7 Å². The molecular weight excluding hydrogens is 380 g/mol. The number of terminal acetylenes is 1. The highest BCUT2D eigenvalue weighted by molar-refractivity contribution is 5.82. The average Bonchev–Trinajstić information content (AvgIpc) is 2.83. The fraction of sp³-hybridized carbons (Fsp3) is 0.321. The van der Waals surface area contributed by atoms with Gasteiger partial charge in [-0.05, 0) is 29.7 Å². The molecule has 156 valence electrons. The number of para-hydroxylation sites is 1. The van der Waals surface area contributed by atoms with E-state index in [0.717, 1.165) is 52.6 Å². The predicted molar refractivity (Wildman–Crippen MR) is 125 cm³/mol. The number of aliphatic hydroxyl groups excluding tert-OH is 1. The first kappa shape index (κ1) is 20.0. The third-order valence-corrected chi connectivity index (χ3v) is 7.70. The highest BCUT2D eigenvalue weighted by atomic mass is 16.3. The number of hydrogen-bond donors (Lipinski definition) is 1. The van der Waals surface area contributed by atoms with Gasteiger partial charge in [-0.25, -0.2) is 0 Å². The predicted octanol–water partition coefficient (Wildman–Crippen LogP) is 4.86. The SMILES string of the molecule is C#Cc1ccccc1C[N@@+]12CC[C@@H](C[C@@H]1[C@H](O)c1ccnc3ccccc13)[C@@H](C=C)C2. The number of piperidine rings is 3. The van der Waals surface area contributed by atoms with Gasteiger partial charge in [0.25, 0.3) is 0 Å². The molecule has 6 rings (SSSR count). The van der Waals surface area contributed by atoms with Gasteiger partial charge in [-0.1, -0.05) is 48.4 Å². The molecule has 3 aliphatic rings. The van der Waals surface area contributed by atoms with E-state index in [0.29, 0.717) is 11.8 Å². The molecule has 3 aromatic rings. The molecule has 31 heavy (non-hydrogen) atoms. The first-order valence-electron chi connectivity index (χ1n) is 11.2. The van der Waals surface area contributed by atoms with E-state index in [-0.39, 0.29) is 6.04 Å². The lowest BCUT2D eigenvalue weighted by molar-refractivity contribution is -0.984. The Balaban J connectivity index is 1.58. The second-order valence-corrected chi connectivity index (χ2v) is 9.20. The van der Waals surface area contributed by atoms with Crippen LogP contribution in [0.1, 0.15) is 35.6 Å². The third-order valence-electron chi connectivity index (χ3n) is 7.70. The van der Waals surface area contributed by atoms with Crippen molar-refractivity contribution < 1.29 is 9.59 Å². The van der Waals surface area contributed by atoms with E-state index < -0.39 is 6.10 Å². The van der Waals surface area contributed by atoms with Gasteiger partial charge in [0.15, 0.2) is 0 Å². The molecule has 5 atom stereocenters. The van der Waals surface area contributed by atoms with E-state index in [4.69, 9.17) is 6.42 Å². The van der Waals surface area contributed by atoms with Gasteiger partial charge in [-0.15, -0.1) is 13.0 Å². The van der Waals surface area contributed by atoms with Crippen LogP contribution in [-0.2, 0) is 6.54 Å². The Labute approximate surface area is 184 Å². The number of nitrogens with zero attached hydrogens (tertiary/aromatic N) is 2. The summed E-state index contributed by atoms with van der Waals surface area (Å²) in [4.78, 5) is 4.50. The van der Waals surface area contributed by atoms with Crippen molar-refractivity contribution in [3.8, 4) is 12.3 Å². The van der Waals surface area contributed by atoms with Crippen LogP contribution < -0.4 is 0 Å². The van der Waals surface area contributed by atoms with Gasteiger partial charge in [-0.2, -0.15) is 0 Å². The van der Waals surface area contributed by atoms with Crippen LogP contribution >= 0.6 is 0 Å². The van der Waals surface area contributed by atoms with Crippen molar-refractivity contribution >= 4 is 10.9 Å². The van der Waals surface area contributed by atoms with Crippen LogP contribution in [0.3, 0.4) is 0 Å². The Morgan fingerprint density at radius 3 is 2.84 bits per heavy atom. The quantitative estimate of drug-likeness (QED) is 0.371. The van der Waals surface area contributed by atoms with Gasteiger partial charge < -0.3 is 9.59 Å². The lowest BCUT2D eigenvalue weighted by Crippen LogP contribution is -2.67. The number of hydrogen-bond acceptors (Lipinski definition) is 2. The second-order valence-electron chi connectivity index (χ2n) is 9.20. The molecule has 2 bridgehead atoms. The van der Waals surface area contributed by atoms with Crippen LogP contribution in [0.2, 0.25) is 0 Å². The highest BCUT2D eigenvalue weighted by Gasteiger charge is 2.54. The van der Waals surface area contributed by atoms with E-state index in [1.807, 2.05) is 42.6 Å². The highest BCUT2D eigenvalue weighted by Crippen LogP contribution is 2.48. The number of fused-ring (bicyclic) bond motifs is 4. The number of aromatic nitrogens is 1. The first-order valence-corrected chi connectivity index (χ1v) is 11.2. The summed E-state index contributed by atoms with van der Waals surface area (Å²) in [5, 5.41) is 12.8. The molecule has 0 amide bonds. The van der Waals surface area contributed by atoms with E-state index in [9.17, 15) is 5.11 Å². The zero-order valence-electron chi connectivity index (χ0n) is 17.8. The van der Waals surface area contributed by atoms with Crippen LogP contribution in [0.5, 0.6) is 0 Å². The largest absolute Gasteiger partial charge is 0.382 e. The molecule has 1 N–H and O–H groups in total. The fourth-order valence-corrected chi connectivity index (χ4v) is 6.10. The number of pyridine rings is 1. The molecular formula is C28H29N2O+. The average molecular weight is 410 g/mol. The molecule has 3 fully saturated rings. The summed E-state index contributed by atoms with van der Waals surface area (Å²) in [6, 6.07) is 18.5. The van der Waals surface area contributed by atoms with Gasteiger partial charge in [0.2, 0.25) is 0 Å². The molecule has 0 spiro atoms. The maximum Gasteiger partial charge on any atom is 0.131 e. The molecule has 0 unspecified atom stereocenters. The molecule has 0 saturated carbocycles.